The Bertz CT molecular complexity index is 260. The van der Waals surface area contributed by atoms with Crippen LogP contribution in [0.1, 0.15) is 0 Å². The zero-order chi connectivity index (χ0) is 9.46. The molecule has 0 amide bonds. The average molecular weight is 172 g/mol. The fraction of sp³-hybridized carbons (Fsp3) is 0.333. The summed E-state index contributed by atoms with van der Waals surface area (Å²) in [7, 11) is 0. The highest BCUT2D eigenvalue weighted by molar-refractivity contribution is 6.81. The molecule has 12 heavy (non-hydrogen) atoms. The second kappa shape index (κ2) is 2.58. The van der Waals surface area contributed by atoms with E-state index in [1.807, 2.05) is 0 Å². The standard InChI is InChI=1S/C6H4O6/c7-1-2(8)4(10)6(12)5(11)3(1)9/h1-2,7-8H/t1-,2-/m1/s1. The molecule has 6 heteroatoms. The van der Waals surface area contributed by atoms with E-state index in [1.54, 1.807) is 0 Å². The van der Waals surface area contributed by atoms with Crippen molar-refractivity contribution in [2.24, 2.45) is 0 Å². The van der Waals surface area contributed by atoms with Crippen molar-refractivity contribution >= 4 is 23.1 Å². The molecule has 0 aliphatic heterocycles. The van der Waals surface area contributed by atoms with Crippen molar-refractivity contribution in [1.82, 2.24) is 0 Å². The van der Waals surface area contributed by atoms with Gasteiger partial charge >= 0.3 is 0 Å². The second-order valence-corrected chi connectivity index (χ2v) is 2.28. The maximum Gasteiger partial charge on any atom is 0.275 e. The smallest absolute Gasteiger partial charge is 0.275 e. The number of hydrogen-bond acceptors (Lipinski definition) is 6. The number of aliphatic hydroxyl groups is 2. The Morgan fingerprint density at radius 2 is 1.00 bits per heavy atom. The number of ketones is 4. The van der Waals surface area contributed by atoms with Crippen molar-refractivity contribution in [1.29, 1.82) is 0 Å². The van der Waals surface area contributed by atoms with Gasteiger partial charge in [0.05, 0.1) is 0 Å². The van der Waals surface area contributed by atoms with Gasteiger partial charge < -0.3 is 10.2 Å². The third kappa shape index (κ3) is 0.973. The number of carbonyl (C=O) groups excluding carboxylic acids is 4. The molecule has 0 aromatic rings. The predicted octanol–water partition coefficient (Wildman–Crippen LogP) is -3.00. The van der Waals surface area contributed by atoms with E-state index in [4.69, 9.17) is 10.2 Å². The molecule has 0 heterocycles. The molecule has 2 atom stereocenters. The maximum absolute atomic E-state index is 10.6. The summed E-state index contributed by atoms with van der Waals surface area (Å²) in [5.41, 5.74) is 0. The van der Waals surface area contributed by atoms with E-state index in [-0.39, 0.29) is 0 Å². The molecule has 0 aromatic heterocycles. The molecule has 1 aliphatic rings. The number of carbonyl (C=O) groups is 4. The van der Waals surface area contributed by atoms with Crippen LogP contribution in [-0.2, 0) is 19.2 Å². The van der Waals surface area contributed by atoms with Crippen LogP contribution in [0.3, 0.4) is 0 Å². The van der Waals surface area contributed by atoms with Crippen molar-refractivity contribution in [2.45, 2.75) is 12.2 Å². The van der Waals surface area contributed by atoms with Gasteiger partial charge in [0.1, 0.15) is 0 Å². The molecule has 0 aromatic carbocycles. The quantitative estimate of drug-likeness (QED) is 0.377. The molecule has 0 saturated heterocycles. The van der Waals surface area contributed by atoms with E-state index in [2.05, 4.69) is 0 Å². The Hall–Kier alpha value is -1.40. The molecule has 0 radical (unpaired) electrons. The van der Waals surface area contributed by atoms with Crippen molar-refractivity contribution in [3.05, 3.63) is 0 Å². The summed E-state index contributed by atoms with van der Waals surface area (Å²) in [4.78, 5) is 42.1. The van der Waals surface area contributed by atoms with Crippen LogP contribution in [0.2, 0.25) is 0 Å². The van der Waals surface area contributed by atoms with Gasteiger partial charge in [-0.3, -0.25) is 19.2 Å². The zero-order valence-corrected chi connectivity index (χ0v) is 5.68. The first-order valence-electron chi connectivity index (χ1n) is 2.99. The van der Waals surface area contributed by atoms with Gasteiger partial charge in [-0.05, 0) is 0 Å². The van der Waals surface area contributed by atoms with Gasteiger partial charge in [0.15, 0.2) is 12.2 Å². The van der Waals surface area contributed by atoms with E-state index in [0.29, 0.717) is 0 Å². The van der Waals surface area contributed by atoms with Crippen molar-refractivity contribution in [3.8, 4) is 0 Å². The molecular formula is C6H4O6. The average Bonchev–Trinajstić information content (AvgIpc) is 2.08. The Morgan fingerprint density at radius 3 is 1.25 bits per heavy atom. The lowest BCUT2D eigenvalue weighted by Crippen LogP contribution is -2.54. The highest BCUT2D eigenvalue weighted by Gasteiger charge is 2.47. The second-order valence-electron chi connectivity index (χ2n) is 2.28. The number of hydrogen-bond donors (Lipinski definition) is 2. The minimum Gasteiger partial charge on any atom is -0.382 e. The fourth-order valence-corrected chi connectivity index (χ4v) is 0.779. The summed E-state index contributed by atoms with van der Waals surface area (Å²) < 4.78 is 0. The van der Waals surface area contributed by atoms with Crippen LogP contribution in [0.4, 0.5) is 0 Å². The lowest BCUT2D eigenvalue weighted by molar-refractivity contribution is -0.162. The molecule has 2 N–H and O–H groups in total. The van der Waals surface area contributed by atoms with Gasteiger partial charge in [0, 0.05) is 0 Å². The fourth-order valence-electron chi connectivity index (χ4n) is 0.779. The largest absolute Gasteiger partial charge is 0.382 e. The van der Waals surface area contributed by atoms with E-state index < -0.39 is 35.3 Å². The highest BCUT2D eigenvalue weighted by atomic mass is 16.3. The molecule has 0 spiro atoms. The number of Topliss-reactive ketones (excluding diaryl/α,β-unsaturated/α-hetero) is 4. The van der Waals surface area contributed by atoms with Crippen LogP contribution in [0.25, 0.3) is 0 Å². The van der Waals surface area contributed by atoms with Crippen molar-refractivity contribution in [3.63, 3.8) is 0 Å². The van der Waals surface area contributed by atoms with Crippen LogP contribution in [0.5, 0.6) is 0 Å². The molecule has 6 nitrogen and oxygen atoms in total. The third-order valence-electron chi connectivity index (χ3n) is 1.49. The molecule has 1 rings (SSSR count). The van der Waals surface area contributed by atoms with Crippen LogP contribution < -0.4 is 0 Å². The summed E-state index contributed by atoms with van der Waals surface area (Å²) in [5.74, 6) is -6.02. The molecule has 1 fully saturated rings. The summed E-state index contributed by atoms with van der Waals surface area (Å²) in [5, 5.41) is 17.4. The lowest BCUT2D eigenvalue weighted by atomic mass is 9.90. The summed E-state index contributed by atoms with van der Waals surface area (Å²) in [6.45, 7) is 0. The zero-order valence-electron chi connectivity index (χ0n) is 5.68. The Morgan fingerprint density at radius 1 is 0.750 bits per heavy atom. The van der Waals surface area contributed by atoms with E-state index in [0.717, 1.165) is 0 Å². The first kappa shape index (κ1) is 8.69. The normalized spacial score (nSPS) is 31.2. The topological polar surface area (TPSA) is 109 Å². The monoisotopic (exact) mass is 172 g/mol. The van der Waals surface area contributed by atoms with Gasteiger partial charge in [0.25, 0.3) is 11.6 Å². The SMILES string of the molecule is O=C1C(=O)C(=O)[C@H](O)[C@@H](O)C1=O. The minimum absolute atomic E-state index is 1.44. The first-order valence-corrected chi connectivity index (χ1v) is 2.99. The third-order valence-corrected chi connectivity index (χ3v) is 1.49. The van der Waals surface area contributed by atoms with Crippen LogP contribution in [0.15, 0.2) is 0 Å². The lowest BCUT2D eigenvalue weighted by Gasteiger charge is -2.17. The molecular weight excluding hydrogens is 168 g/mol. The summed E-state index contributed by atoms with van der Waals surface area (Å²) >= 11 is 0. The van der Waals surface area contributed by atoms with Gasteiger partial charge in [-0.1, -0.05) is 0 Å². The summed E-state index contributed by atoms with van der Waals surface area (Å²) in [6, 6.07) is 0. The molecule has 1 aliphatic carbocycles. The first-order chi connectivity index (χ1) is 5.46. The van der Waals surface area contributed by atoms with E-state index in [9.17, 15) is 19.2 Å². The van der Waals surface area contributed by atoms with Crippen LogP contribution >= 0.6 is 0 Å². The van der Waals surface area contributed by atoms with Gasteiger partial charge in [-0.25, -0.2) is 0 Å². The summed E-state index contributed by atoms with van der Waals surface area (Å²) in [6.07, 6.45) is -4.19. The number of aliphatic hydroxyl groups excluding tert-OH is 2. The van der Waals surface area contributed by atoms with Crippen molar-refractivity contribution in [2.75, 3.05) is 0 Å². The van der Waals surface area contributed by atoms with Crippen molar-refractivity contribution < 1.29 is 29.4 Å². The molecule has 0 bridgehead atoms. The molecule has 64 valence electrons. The maximum atomic E-state index is 10.6. The molecule has 0 unspecified atom stereocenters. The molecule has 1 saturated carbocycles. The van der Waals surface area contributed by atoms with E-state index in [1.165, 1.54) is 0 Å². The van der Waals surface area contributed by atoms with Gasteiger partial charge in [-0.15, -0.1) is 0 Å². The Labute approximate surface area is 65.8 Å². The van der Waals surface area contributed by atoms with Crippen LogP contribution in [-0.4, -0.2) is 45.6 Å². The van der Waals surface area contributed by atoms with Gasteiger partial charge in [0.2, 0.25) is 11.6 Å². The highest BCUT2D eigenvalue weighted by Crippen LogP contribution is 2.06. The van der Waals surface area contributed by atoms with Crippen LogP contribution in [0, 0.1) is 0 Å². The van der Waals surface area contributed by atoms with Gasteiger partial charge in [-0.2, -0.15) is 0 Å². The Balaban J connectivity index is 3.07. The number of rotatable bonds is 0. The predicted molar refractivity (Wildman–Crippen MR) is 32.0 cm³/mol. The minimum atomic E-state index is -2.09. The Kier molecular flexibility index (Phi) is 1.87. The van der Waals surface area contributed by atoms with E-state index >= 15 is 0 Å².